The van der Waals surface area contributed by atoms with E-state index in [2.05, 4.69) is 33.1 Å². The Morgan fingerprint density at radius 1 is 0.967 bits per heavy atom. The van der Waals surface area contributed by atoms with E-state index >= 15 is 0 Å². The van der Waals surface area contributed by atoms with Gasteiger partial charge in [-0.1, -0.05) is 24.3 Å². The maximum Gasteiger partial charge on any atom is 0.343 e. The number of benzene rings is 3. The lowest BCUT2D eigenvalue weighted by molar-refractivity contribution is 0.0728. The molecule has 30 heavy (non-hydrogen) atoms. The average Bonchev–Trinajstić information content (AvgIpc) is 2.76. The zero-order chi connectivity index (χ0) is 21.3. The first-order valence-electron chi connectivity index (χ1n) is 9.20. The van der Waals surface area contributed by atoms with Crippen molar-refractivity contribution in [2.75, 3.05) is 6.61 Å². The van der Waals surface area contributed by atoms with Crippen LogP contribution in [0.4, 0.5) is 0 Å². The number of amides is 1. The Kier molecular flexibility index (Phi) is 7.56. The molecule has 0 unspecified atom stereocenters. The van der Waals surface area contributed by atoms with Gasteiger partial charge in [-0.25, -0.2) is 10.2 Å². The van der Waals surface area contributed by atoms with Crippen LogP contribution in [0.3, 0.4) is 0 Å². The highest BCUT2D eigenvalue weighted by Gasteiger charge is 2.13. The number of hydrogen-bond donors (Lipinski definition) is 1. The lowest BCUT2D eigenvalue weighted by Crippen LogP contribution is -2.17. The van der Waals surface area contributed by atoms with Crippen molar-refractivity contribution >= 4 is 40.7 Å². The van der Waals surface area contributed by atoms with Gasteiger partial charge in [0.05, 0.1) is 18.4 Å². The predicted octanol–water partition coefficient (Wildman–Crippen LogP) is 4.67. The molecular formula is C23H19IN2O4. The molecule has 0 aliphatic heterocycles. The van der Waals surface area contributed by atoms with Gasteiger partial charge in [0.25, 0.3) is 5.91 Å². The third-order valence-corrected chi connectivity index (χ3v) is 4.62. The number of halogens is 1. The highest BCUT2D eigenvalue weighted by atomic mass is 127. The second-order valence-electron chi connectivity index (χ2n) is 6.10. The van der Waals surface area contributed by atoms with Gasteiger partial charge in [-0.3, -0.25) is 4.79 Å². The van der Waals surface area contributed by atoms with Crippen molar-refractivity contribution in [3.8, 4) is 11.5 Å². The minimum atomic E-state index is -0.470. The Morgan fingerprint density at radius 3 is 2.47 bits per heavy atom. The summed E-state index contributed by atoms with van der Waals surface area (Å²) in [5.41, 5.74) is 4.15. The predicted molar refractivity (Wildman–Crippen MR) is 123 cm³/mol. The smallest absolute Gasteiger partial charge is 0.343 e. The second-order valence-corrected chi connectivity index (χ2v) is 7.35. The zero-order valence-corrected chi connectivity index (χ0v) is 18.3. The van der Waals surface area contributed by atoms with Crippen LogP contribution in [-0.2, 0) is 0 Å². The molecule has 6 nitrogen and oxygen atoms in total. The van der Waals surface area contributed by atoms with Gasteiger partial charge in [0, 0.05) is 9.13 Å². The molecule has 3 aromatic rings. The van der Waals surface area contributed by atoms with Gasteiger partial charge in [0.1, 0.15) is 0 Å². The van der Waals surface area contributed by atoms with E-state index in [4.69, 9.17) is 9.47 Å². The molecule has 0 aromatic heterocycles. The van der Waals surface area contributed by atoms with Crippen LogP contribution in [0.15, 0.2) is 77.9 Å². The highest BCUT2D eigenvalue weighted by molar-refractivity contribution is 14.1. The van der Waals surface area contributed by atoms with E-state index in [1.54, 1.807) is 54.6 Å². The number of esters is 1. The normalized spacial score (nSPS) is 10.6. The Morgan fingerprint density at radius 2 is 1.73 bits per heavy atom. The molecule has 1 amide bonds. The standard InChI is InChI=1S/C23H19IN2O4/c1-2-29-21-13-16(15-25-26-22(27)18-9-6-10-19(24)14-18)11-12-20(21)30-23(28)17-7-4-3-5-8-17/h3-15H,2H2,1H3,(H,26,27)/b25-15-. The minimum absolute atomic E-state index is 0.303. The number of carbonyl (C=O) groups excluding carboxylic acids is 2. The van der Waals surface area contributed by atoms with E-state index in [-0.39, 0.29) is 5.91 Å². The van der Waals surface area contributed by atoms with Crippen LogP contribution in [0.1, 0.15) is 33.2 Å². The van der Waals surface area contributed by atoms with Crippen LogP contribution in [-0.4, -0.2) is 24.7 Å². The maximum atomic E-state index is 12.3. The molecule has 0 spiro atoms. The van der Waals surface area contributed by atoms with Crippen molar-refractivity contribution < 1.29 is 19.1 Å². The first kappa shape index (κ1) is 21.5. The summed E-state index contributed by atoms with van der Waals surface area (Å²) in [6.45, 7) is 2.24. The fourth-order valence-corrected chi connectivity index (χ4v) is 3.09. The molecule has 0 fully saturated rings. The molecule has 0 heterocycles. The fourth-order valence-electron chi connectivity index (χ4n) is 2.55. The summed E-state index contributed by atoms with van der Waals surface area (Å²) in [5, 5.41) is 4.00. The first-order chi connectivity index (χ1) is 14.6. The third kappa shape index (κ3) is 5.90. The van der Waals surface area contributed by atoms with Crippen molar-refractivity contribution in [1.29, 1.82) is 0 Å². The lowest BCUT2D eigenvalue weighted by Gasteiger charge is -2.11. The molecular weight excluding hydrogens is 495 g/mol. The van der Waals surface area contributed by atoms with E-state index in [0.29, 0.717) is 34.8 Å². The topological polar surface area (TPSA) is 77.0 Å². The second kappa shape index (κ2) is 10.5. The summed E-state index contributed by atoms with van der Waals surface area (Å²) < 4.78 is 12.0. The van der Waals surface area contributed by atoms with Crippen LogP contribution >= 0.6 is 22.6 Å². The van der Waals surface area contributed by atoms with Crippen LogP contribution in [0.25, 0.3) is 0 Å². The molecule has 0 bridgehead atoms. The van der Waals surface area contributed by atoms with Crippen LogP contribution in [0.2, 0.25) is 0 Å². The Labute approximate surface area is 188 Å². The summed E-state index contributed by atoms with van der Waals surface area (Å²) >= 11 is 2.14. The fraction of sp³-hybridized carbons (Fsp3) is 0.0870. The molecule has 0 aliphatic rings. The van der Waals surface area contributed by atoms with Crippen molar-refractivity contribution in [2.45, 2.75) is 6.92 Å². The lowest BCUT2D eigenvalue weighted by atomic mass is 10.2. The SMILES string of the molecule is CCOc1cc(/C=N\NC(=O)c2cccc(I)c2)ccc1OC(=O)c1ccccc1. The summed E-state index contributed by atoms with van der Waals surface area (Å²) in [6, 6.07) is 21.0. The number of rotatable bonds is 7. The number of nitrogens with one attached hydrogen (secondary N) is 1. The van der Waals surface area contributed by atoms with Crippen molar-refractivity contribution in [2.24, 2.45) is 5.10 Å². The van der Waals surface area contributed by atoms with E-state index in [1.165, 1.54) is 6.21 Å². The third-order valence-electron chi connectivity index (χ3n) is 3.95. The van der Waals surface area contributed by atoms with Gasteiger partial charge >= 0.3 is 5.97 Å². The highest BCUT2D eigenvalue weighted by Crippen LogP contribution is 2.29. The number of carbonyl (C=O) groups is 2. The molecule has 0 atom stereocenters. The number of hydrogen-bond acceptors (Lipinski definition) is 5. The van der Waals surface area contributed by atoms with E-state index in [0.717, 1.165) is 3.57 Å². The summed E-state index contributed by atoms with van der Waals surface area (Å²) in [7, 11) is 0. The van der Waals surface area contributed by atoms with Crippen molar-refractivity contribution in [3.05, 3.63) is 93.1 Å². The molecule has 3 rings (SSSR count). The van der Waals surface area contributed by atoms with Gasteiger partial charge in [0.2, 0.25) is 0 Å². The van der Waals surface area contributed by atoms with E-state index < -0.39 is 5.97 Å². The molecule has 7 heteroatoms. The van der Waals surface area contributed by atoms with Gasteiger partial charge < -0.3 is 9.47 Å². The number of ether oxygens (including phenoxy) is 2. The van der Waals surface area contributed by atoms with Crippen LogP contribution in [0, 0.1) is 3.57 Å². The Hall–Kier alpha value is -3.20. The largest absolute Gasteiger partial charge is 0.490 e. The van der Waals surface area contributed by atoms with E-state index in [1.807, 2.05) is 25.1 Å². The monoisotopic (exact) mass is 514 g/mol. The zero-order valence-electron chi connectivity index (χ0n) is 16.2. The Bertz CT molecular complexity index is 1070. The molecule has 3 aromatic carbocycles. The first-order valence-corrected chi connectivity index (χ1v) is 10.3. The number of nitrogens with zero attached hydrogens (tertiary/aromatic N) is 1. The molecule has 152 valence electrons. The van der Waals surface area contributed by atoms with Crippen LogP contribution < -0.4 is 14.9 Å². The summed E-state index contributed by atoms with van der Waals surface area (Å²) in [5.74, 6) is -0.0497. The molecule has 0 saturated heterocycles. The quantitative estimate of drug-likeness (QED) is 0.164. The molecule has 0 aliphatic carbocycles. The van der Waals surface area contributed by atoms with Gasteiger partial charge in [-0.15, -0.1) is 0 Å². The number of hydrazone groups is 1. The van der Waals surface area contributed by atoms with Gasteiger partial charge in [-0.2, -0.15) is 5.10 Å². The van der Waals surface area contributed by atoms with Crippen molar-refractivity contribution in [1.82, 2.24) is 5.43 Å². The summed E-state index contributed by atoms with van der Waals surface area (Å²) in [6.07, 6.45) is 1.50. The Balaban J connectivity index is 1.70. The summed E-state index contributed by atoms with van der Waals surface area (Å²) in [4.78, 5) is 24.5. The van der Waals surface area contributed by atoms with Crippen LogP contribution in [0.5, 0.6) is 11.5 Å². The maximum absolute atomic E-state index is 12.3. The van der Waals surface area contributed by atoms with Gasteiger partial charge in [0.15, 0.2) is 11.5 Å². The van der Waals surface area contributed by atoms with Crippen molar-refractivity contribution in [3.63, 3.8) is 0 Å². The molecule has 0 saturated carbocycles. The molecule has 0 radical (unpaired) electrons. The van der Waals surface area contributed by atoms with E-state index in [9.17, 15) is 9.59 Å². The van der Waals surface area contributed by atoms with Gasteiger partial charge in [-0.05, 0) is 83.6 Å². The average molecular weight is 514 g/mol. The minimum Gasteiger partial charge on any atom is -0.490 e. The molecule has 1 N–H and O–H groups in total.